The van der Waals surface area contributed by atoms with Crippen LogP contribution in [0.2, 0.25) is 5.02 Å². The number of ether oxygens (including phenoxy) is 4. The van der Waals surface area contributed by atoms with Gasteiger partial charge in [0.2, 0.25) is 0 Å². The first-order valence-corrected chi connectivity index (χ1v) is 14.3. The molecule has 3 aliphatic heterocycles. The largest absolute Gasteiger partial charge is 0.497 e. The van der Waals surface area contributed by atoms with E-state index in [1.54, 1.807) is 31.2 Å². The molecular weight excluding hydrogens is 542 g/mol. The van der Waals surface area contributed by atoms with Crippen LogP contribution in [0, 0.1) is 5.41 Å². The Morgan fingerprint density at radius 2 is 1.39 bits per heavy atom. The van der Waals surface area contributed by atoms with E-state index in [-0.39, 0.29) is 24.2 Å². The molecule has 3 aliphatic rings. The Bertz CT molecular complexity index is 1560. The molecule has 41 heavy (non-hydrogen) atoms. The Morgan fingerprint density at radius 1 is 0.829 bits per heavy atom. The molecule has 0 amide bonds. The second-order valence-electron chi connectivity index (χ2n) is 11.0. The number of benzene rings is 3. The third-order valence-corrected chi connectivity index (χ3v) is 8.85. The highest BCUT2D eigenvalue weighted by molar-refractivity contribution is 6.37. The summed E-state index contributed by atoms with van der Waals surface area (Å²) in [6.45, 7) is 4.41. The number of hydrogen-bond donors (Lipinski definition) is 0. The zero-order chi connectivity index (χ0) is 28.4. The normalized spacial score (nSPS) is 19.7. The molecule has 0 atom stereocenters. The number of aromatic nitrogens is 2. The van der Waals surface area contributed by atoms with Gasteiger partial charge in [0.15, 0.2) is 11.5 Å². The van der Waals surface area contributed by atoms with E-state index in [4.69, 9.17) is 30.5 Å². The van der Waals surface area contributed by atoms with Gasteiger partial charge in [-0.3, -0.25) is 4.79 Å². The van der Waals surface area contributed by atoms with Crippen molar-refractivity contribution in [3.05, 3.63) is 87.3 Å². The van der Waals surface area contributed by atoms with Crippen LogP contribution in [0.25, 0.3) is 10.8 Å². The van der Waals surface area contributed by atoms with Gasteiger partial charge in [0.05, 0.1) is 37.4 Å². The molecule has 1 aromatic heterocycles. The van der Waals surface area contributed by atoms with Crippen LogP contribution in [0.5, 0.6) is 23.0 Å². The first kappa shape index (κ1) is 27.4. The van der Waals surface area contributed by atoms with E-state index >= 15 is 0 Å². The minimum absolute atomic E-state index is 0.123. The highest BCUT2D eigenvalue weighted by Crippen LogP contribution is 2.43. The van der Waals surface area contributed by atoms with Crippen LogP contribution >= 0.6 is 11.6 Å². The lowest BCUT2D eigenvalue weighted by Crippen LogP contribution is -2.50. The van der Waals surface area contributed by atoms with Crippen molar-refractivity contribution in [2.24, 2.45) is 5.41 Å². The molecule has 214 valence electrons. The fourth-order valence-electron chi connectivity index (χ4n) is 5.81. The molecule has 0 unspecified atom stereocenters. The SMILES string of the molecule is COc1ccc(COc2cc3c(=O)n(CC45CCN(CC4)CC5)ncc3c(Cl)c2OCc2ccc(OC)cc2)cc1. The molecule has 2 bridgehead atoms. The highest BCUT2D eigenvalue weighted by Gasteiger charge is 2.40. The quantitative estimate of drug-likeness (QED) is 0.240. The molecule has 0 aliphatic carbocycles. The molecule has 3 aromatic carbocycles. The number of fused-ring (bicyclic) bond motifs is 4. The number of hydrogen-bond acceptors (Lipinski definition) is 7. The van der Waals surface area contributed by atoms with Crippen molar-refractivity contribution >= 4 is 22.4 Å². The Morgan fingerprint density at radius 3 is 1.95 bits per heavy atom. The van der Waals surface area contributed by atoms with Gasteiger partial charge < -0.3 is 23.8 Å². The maximum atomic E-state index is 13.8. The topological polar surface area (TPSA) is 75.1 Å². The summed E-state index contributed by atoms with van der Waals surface area (Å²) in [5.74, 6) is 2.32. The summed E-state index contributed by atoms with van der Waals surface area (Å²) in [4.78, 5) is 16.3. The third kappa shape index (κ3) is 5.72. The number of nitrogens with zero attached hydrogens (tertiary/aromatic N) is 3. The zero-order valence-electron chi connectivity index (χ0n) is 23.4. The van der Waals surface area contributed by atoms with Crippen LogP contribution in [0.15, 0.2) is 65.6 Å². The molecule has 8 nitrogen and oxygen atoms in total. The van der Waals surface area contributed by atoms with Crippen LogP contribution in [0.3, 0.4) is 0 Å². The van der Waals surface area contributed by atoms with Crippen LogP contribution < -0.4 is 24.5 Å². The average Bonchev–Trinajstić information content (AvgIpc) is 3.02. The van der Waals surface area contributed by atoms with Gasteiger partial charge >= 0.3 is 0 Å². The van der Waals surface area contributed by atoms with E-state index in [0.29, 0.717) is 33.8 Å². The van der Waals surface area contributed by atoms with Gasteiger partial charge in [0.1, 0.15) is 24.7 Å². The van der Waals surface area contributed by atoms with E-state index in [9.17, 15) is 4.79 Å². The van der Waals surface area contributed by atoms with Crippen molar-refractivity contribution in [3.63, 3.8) is 0 Å². The summed E-state index contributed by atoms with van der Waals surface area (Å²) in [6.07, 6.45) is 4.96. The fourth-order valence-corrected chi connectivity index (χ4v) is 6.11. The number of methoxy groups -OCH3 is 2. The molecule has 4 heterocycles. The second kappa shape index (κ2) is 11.6. The van der Waals surface area contributed by atoms with Gasteiger partial charge in [0, 0.05) is 5.39 Å². The monoisotopic (exact) mass is 575 g/mol. The lowest BCUT2D eigenvalue weighted by atomic mass is 9.72. The lowest BCUT2D eigenvalue weighted by molar-refractivity contribution is 0.0100. The van der Waals surface area contributed by atoms with E-state index in [2.05, 4.69) is 10.00 Å². The third-order valence-electron chi connectivity index (χ3n) is 8.47. The van der Waals surface area contributed by atoms with Crippen molar-refractivity contribution < 1.29 is 18.9 Å². The molecule has 3 saturated heterocycles. The Labute approximate surface area is 244 Å². The van der Waals surface area contributed by atoms with Crippen LogP contribution in [0.4, 0.5) is 0 Å². The van der Waals surface area contributed by atoms with Crippen molar-refractivity contribution in [1.82, 2.24) is 14.7 Å². The van der Waals surface area contributed by atoms with Crippen molar-refractivity contribution in [3.8, 4) is 23.0 Å². The fraction of sp³-hybridized carbons (Fsp3) is 0.375. The summed E-state index contributed by atoms with van der Waals surface area (Å²) >= 11 is 6.92. The number of piperidine rings is 3. The number of rotatable bonds is 10. The summed E-state index contributed by atoms with van der Waals surface area (Å²) < 4.78 is 24.6. The van der Waals surface area contributed by atoms with Crippen molar-refractivity contribution in [2.75, 3.05) is 33.9 Å². The smallest absolute Gasteiger partial charge is 0.274 e. The van der Waals surface area contributed by atoms with Crippen LogP contribution in [-0.4, -0.2) is 48.5 Å². The maximum Gasteiger partial charge on any atom is 0.274 e. The van der Waals surface area contributed by atoms with E-state index in [0.717, 1.165) is 61.5 Å². The Kier molecular flexibility index (Phi) is 7.77. The minimum atomic E-state index is -0.164. The van der Waals surface area contributed by atoms with Crippen molar-refractivity contribution in [1.29, 1.82) is 0 Å². The predicted octanol–water partition coefficient (Wildman–Crippen LogP) is 5.71. The van der Waals surface area contributed by atoms with Gasteiger partial charge in [-0.25, -0.2) is 4.68 Å². The molecule has 0 N–H and O–H groups in total. The van der Waals surface area contributed by atoms with Gasteiger partial charge in [-0.2, -0.15) is 5.10 Å². The molecule has 0 saturated carbocycles. The molecule has 0 radical (unpaired) electrons. The zero-order valence-corrected chi connectivity index (χ0v) is 24.2. The van der Waals surface area contributed by atoms with Gasteiger partial charge in [0.25, 0.3) is 5.56 Å². The minimum Gasteiger partial charge on any atom is -0.497 e. The summed E-state index contributed by atoms with van der Waals surface area (Å²) in [7, 11) is 3.26. The Balaban J connectivity index is 1.33. The molecule has 0 spiro atoms. The van der Waals surface area contributed by atoms with E-state index < -0.39 is 0 Å². The van der Waals surface area contributed by atoms with Crippen LogP contribution in [-0.2, 0) is 19.8 Å². The van der Waals surface area contributed by atoms with Crippen molar-refractivity contribution in [2.45, 2.75) is 39.0 Å². The molecular formula is C32H34ClN3O5. The lowest BCUT2D eigenvalue weighted by Gasteiger charge is -2.48. The Hall–Kier alpha value is -3.75. The molecule has 9 heteroatoms. The average molecular weight is 576 g/mol. The summed E-state index contributed by atoms with van der Waals surface area (Å²) in [6, 6.07) is 17.0. The van der Waals surface area contributed by atoms with Gasteiger partial charge in [-0.15, -0.1) is 0 Å². The van der Waals surface area contributed by atoms with Gasteiger partial charge in [-0.05, 0) is 85.8 Å². The highest BCUT2D eigenvalue weighted by atomic mass is 35.5. The molecule has 7 rings (SSSR count). The van der Waals surface area contributed by atoms with Crippen LogP contribution in [0.1, 0.15) is 30.4 Å². The summed E-state index contributed by atoms with van der Waals surface area (Å²) in [5, 5.41) is 5.90. The number of halogens is 1. The van der Waals surface area contributed by atoms with E-state index in [1.807, 2.05) is 48.5 Å². The maximum absolute atomic E-state index is 13.8. The van der Waals surface area contributed by atoms with Gasteiger partial charge in [-0.1, -0.05) is 35.9 Å². The summed E-state index contributed by atoms with van der Waals surface area (Å²) in [5.41, 5.74) is 1.84. The first-order chi connectivity index (χ1) is 20.0. The predicted molar refractivity (Wildman–Crippen MR) is 158 cm³/mol. The standard InChI is InChI=1S/C32H34ClN3O5/c1-38-24-7-3-22(4-8-24)19-40-28-17-26-27(29(33)30(28)41-20-23-5-9-25(39-2)10-6-23)18-34-36(31(26)37)21-32-11-14-35(15-12-32)16-13-32/h3-10,17-18H,11-16,19-21H2,1-2H3. The molecule has 3 fully saturated rings. The molecule has 4 aromatic rings. The van der Waals surface area contributed by atoms with E-state index in [1.165, 1.54) is 0 Å². The second-order valence-corrected chi connectivity index (χ2v) is 11.3. The first-order valence-electron chi connectivity index (χ1n) is 13.9.